The van der Waals surface area contributed by atoms with Crippen LogP contribution in [0.1, 0.15) is 73.1 Å². The number of rotatable bonds is 9. The average molecular weight is 1050 g/mol. The summed E-state index contributed by atoms with van der Waals surface area (Å²) in [5.74, 6) is -1.75. The van der Waals surface area contributed by atoms with Gasteiger partial charge in [-0.2, -0.15) is 0 Å². The van der Waals surface area contributed by atoms with Crippen molar-refractivity contribution in [1.82, 2.24) is 0 Å². The van der Waals surface area contributed by atoms with Gasteiger partial charge >= 0.3 is 0 Å². The molecule has 6 saturated heterocycles. The molecule has 6 aliphatic heterocycles. The van der Waals surface area contributed by atoms with E-state index in [1.807, 2.05) is 6.92 Å². The first-order valence-electron chi connectivity index (χ1n) is 26.1. The van der Waals surface area contributed by atoms with Gasteiger partial charge < -0.3 is 114 Å². The third-order valence-corrected chi connectivity index (χ3v) is 19.4. The molecule has 0 bridgehead atoms. The van der Waals surface area contributed by atoms with E-state index in [1.165, 1.54) is 6.92 Å². The molecular formula is C50H78O23. The van der Waals surface area contributed by atoms with Crippen LogP contribution in [-0.4, -0.2) is 239 Å². The summed E-state index contributed by atoms with van der Waals surface area (Å²) >= 11 is 0. The summed E-state index contributed by atoms with van der Waals surface area (Å²) in [6, 6.07) is 0. The molecule has 0 unspecified atom stereocenters. The Bertz CT molecular complexity index is 2020. The maximum Gasteiger partial charge on any atom is 0.200 e. The summed E-state index contributed by atoms with van der Waals surface area (Å²) in [6.45, 7) is 12.3. The molecule has 10 rings (SSSR count). The van der Waals surface area contributed by atoms with Crippen molar-refractivity contribution in [3.63, 3.8) is 0 Å². The van der Waals surface area contributed by atoms with Crippen molar-refractivity contribution in [2.24, 2.45) is 40.4 Å². The minimum Gasteiger partial charge on any atom is -0.394 e. The molecule has 3 saturated carbocycles. The van der Waals surface area contributed by atoms with Crippen LogP contribution in [0, 0.1) is 40.4 Å². The normalized spacial score (nSPS) is 58.2. The molecule has 23 nitrogen and oxygen atoms in total. The lowest BCUT2D eigenvalue weighted by atomic mass is 9.46. The van der Waals surface area contributed by atoms with Crippen LogP contribution in [0.2, 0.25) is 0 Å². The van der Waals surface area contributed by atoms with E-state index in [-0.39, 0.29) is 54.1 Å². The van der Waals surface area contributed by atoms with Crippen LogP contribution < -0.4 is 0 Å². The molecule has 0 aromatic carbocycles. The maximum absolute atomic E-state index is 12.2. The Labute approximate surface area is 423 Å². The number of aliphatic hydroxyl groups excluding tert-OH is 13. The zero-order chi connectivity index (χ0) is 52.5. The van der Waals surface area contributed by atoms with Crippen molar-refractivity contribution in [3.8, 4) is 0 Å². The minimum absolute atomic E-state index is 0.0113. The van der Waals surface area contributed by atoms with Gasteiger partial charge in [0.2, 0.25) is 5.79 Å². The summed E-state index contributed by atoms with van der Waals surface area (Å²) in [5.41, 5.74) is 0.321. The van der Waals surface area contributed by atoms with Gasteiger partial charge in [-0.15, -0.1) is 0 Å². The molecule has 4 aliphatic carbocycles. The molecule has 0 radical (unpaired) electrons. The second-order valence-electron chi connectivity index (χ2n) is 23.3. The van der Waals surface area contributed by atoms with Crippen molar-refractivity contribution >= 4 is 0 Å². The van der Waals surface area contributed by atoms with Crippen LogP contribution in [0.25, 0.3) is 0 Å². The lowest BCUT2D eigenvalue weighted by Crippen LogP contribution is -2.67. The van der Waals surface area contributed by atoms with E-state index < -0.39 is 166 Å². The topological polar surface area (TPSA) is 355 Å². The van der Waals surface area contributed by atoms with Crippen LogP contribution in [0.5, 0.6) is 0 Å². The van der Waals surface area contributed by atoms with E-state index >= 15 is 0 Å². The van der Waals surface area contributed by atoms with E-state index in [2.05, 4.69) is 26.5 Å². The van der Waals surface area contributed by atoms with Gasteiger partial charge in [0.15, 0.2) is 25.2 Å². The van der Waals surface area contributed by atoms with Crippen LogP contribution in [0.15, 0.2) is 23.8 Å². The van der Waals surface area contributed by atoms with Crippen LogP contribution >= 0.6 is 0 Å². The molecule has 32 atom stereocenters. The summed E-state index contributed by atoms with van der Waals surface area (Å²) in [7, 11) is 0. The van der Waals surface area contributed by atoms with Crippen molar-refractivity contribution in [2.75, 3.05) is 19.8 Å². The summed E-state index contributed by atoms with van der Waals surface area (Å²) in [5, 5.41) is 142. The fraction of sp³-hybridized carbons (Fsp3) is 0.920. The first kappa shape index (κ1) is 54.9. The molecule has 0 aromatic heterocycles. The van der Waals surface area contributed by atoms with Crippen LogP contribution in [-0.2, 0) is 47.4 Å². The Morgan fingerprint density at radius 2 is 1.32 bits per heavy atom. The first-order valence-corrected chi connectivity index (χ1v) is 26.1. The minimum atomic E-state index is -1.83. The molecule has 1 spiro atoms. The molecule has 416 valence electrons. The van der Waals surface area contributed by atoms with Crippen molar-refractivity contribution < 1.29 is 114 Å². The Morgan fingerprint density at radius 3 is 1.97 bits per heavy atom. The smallest absolute Gasteiger partial charge is 0.200 e. The van der Waals surface area contributed by atoms with Gasteiger partial charge in [-0.25, -0.2) is 0 Å². The highest BCUT2D eigenvalue weighted by molar-refractivity contribution is 5.29. The van der Waals surface area contributed by atoms with Crippen molar-refractivity contribution in [3.05, 3.63) is 23.8 Å². The third kappa shape index (κ3) is 8.85. The molecule has 73 heavy (non-hydrogen) atoms. The number of hydrogen-bond acceptors (Lipinski definition) is 23. The summed E-state index contributed by atoms with van der Waals surface area (Å²) < 4.78 is 62.6. The molecule has 0 amide bonds. The largest absolute Gasteiger partial charge is 0.394 e. The maximum atomic E-state index is 12.2. The highest BCUT2D eigenvalue weighted by atomic mass is 16.8. The Kier molecular flexibility index (Phi) is 15.3. The van der Waals surface area contributed by atoms with Gasteiger partial charge in [0, 0.05) is 17.8 Å². The highest BCUT2D eigenvalue weighted by Gasteiger charge is 2.72. The number of fused-ring (bicyclic) bond motifs is 7. The molecule has 6 heterocycles. The van der Waals surface area contributed by atoms with E-state index in [0.29, 0.717) is 24.8 Å². The second-order valence-corrected chi connectivity index (χ2v) is 23.3. The lowest BCUT2D eigenvalue weighted by molar-refractivity contribution is -0.393. The average Bonchev–Trinajstić information content (AvgIpc) is 3.82. The van der Waals surface area contributed by atoms with E-state index in [9.17, 15) is 66.4 Å². The molecule has 23 heteroatoms. The number of hydrogen-bond donors (Lipinski definition) is 13. The fourth-order valence-corrected chi connectivity index (χ4v) is 15.2. The molecule has 10 aliphatic rings. The van der Waals surface area contributed by atoms with Crippen LogP contribution in [0.3, 0.4) is 0 Å². The summed E-state index contributed by atoms with van der Waals surface area (Å²) in [4.78, 5) is 0. The van der Waals surface area contributed by atoms with E-state index in [1.54, 1.807) is 6.92 Å². The summed E-state index contributed by atoms with van der Waals surface area (Å²) in [6.07, 6.45) is -28.0. The zero-order valence-corrected chi connectivity index (χ0v) is 41.8. The van der Waals surface area contributed by atoms with Crippen molar-refractivity contribution in [1.29, 1.82) is 0 Å². The third-order valence-electron chi connectivity index (χ3n) is 19.4. The van der Waals surface area contributed by atoms with Crippen molar-refractivity contribution in [2.45, 2.75) is 226 Å². The second kappa shape index (κ2) is 20.3. The van der Waals surface area contributed by atoms with Gasteiger partial charge in [0.05, 0.1) is 50.3 Å². The molecule has 0 aromatic rings. The predicted molar refractivity (Wildman–Crippen MR) is 244 cm³/mol. The number of allylic oxidation sites excluding steroid dienone is 1. The standard InChI is InChI=1S/C50H78O23/c1-17-15-65-50(43(63)40(17)70-45-38(61)35(58)31(54)19(3)66-45)18(2)30-27(73-50)13-25-23-8-7-21-11-22(52)12-29(49(21,6)24(23)9-10-48(25,30)5)69-47-42(72-46-39(62)36(59)32(55)20(4)67-46)41(34(57)28(14-51)68-47)71-44-37(60)33(56)26(53)16-64-44/h7,18-20,22-47,51-63H,1,8-16H2,2-6H3/t18-,19+,20-,22+,23+,24-,25-,26+,27-,28+,29+,30-,31-,32-,33-,34+,35-,36+,37+,38+,39+,40-,41-,42+,43-,44-,45-,46-,47-,48-,49-,50-/m0/s1. The monoisotopic (exact) mass is 1050 g/mol. The van der Waals surface area contributed by atoms with Gasteiger partial charge in [0.25, 0.3) is 0 Å². The zero-order valence-electron chi connectivity index (χ0n) is 41.8. The molecule has 9 fully saturated rings. The van der Waals surface area contributed by atoms with E-state index in [0.717, 1.165) is 18.4 Å². The van der Waals surface area contributed by atoms with Crippen LogP contribution in [0.4, 0.5) is 0 Å². The Balaban J connectivity index is 0.914. The van der Waals surface area contributed by atoms with E-state index in [4.69, 9.17) is 47.4 Å². The number of aliphatic hydroxyl groups is 13. The number of ether oxygens (including phenoxy) is 10. The van der Waals surface area contributed by atoms with Gasteiger partial charge in [-0.1, -0.05) is 39.0 Å². The van der Waals surface area contributed by atoms with Gasteiger partial charge in [-0.3, -0.25) is 0 Å². The lowest BCUT2D eigenvalue weighted by Gasteiger charge is -2.61. The fourth-order valence-electron chi connectivity index (χ4n) is 15.2. The predicted octanol–water partition coefficient (Wildman–Crippen LogP) is -3.46. The quantitative estimate of drug-likeness (QED) is 0.0998. The molecule has 13 N–H and O–H groups in total. The van der Waals surface area contributed by atoms with Gasteiger partial charge in [-0.05, 0) is 80.6 Å². The SMILES string of the molecule is C=C1CO[C@@]2(O[C@H]3C[C@H]4[C@@H]5CC=C6C[C@@H](O)C[C@@H](O[C@@H]7O[C@H](CO)[C@@H](O)[C@H](O[C@@H]8OC[C@@H](O)[C@H](O)[C@H]8O)[C@H]7O[C@@H]7O[C@@H](C)[C@H](O)[C@@H](O)[C@H]7O)[C@]6(C)[C@H]5CC[C@]4(C)[C@H]3[C@@H]2C)[C@@H](O)[C@H]1O[C@@H]1O[C@H](C)[C@H](O)[C@H](O)[C@H]1O. The Hall–Kier alpha value is -1.44. The Morgan fingerprint density at radius 1 is 0.685 bits per heavy atom. The first-order chi connectivity index (χ1) is 34.5. The molecular weight excluding hydrogens is 969 g/mol. The van der Waals surface area contributed by atoms with Gasteiger partial charge in [0.1, 0.15) is 91.6 Å². The highest BCUT2D eigenvalue weighted by Crippen LogP contribution is 2.71.